The minimum atomic E-state index is -0.215. The lowest BCUT2D eigenvalue weighted by molar-refractivity contribution is -0.118. The van der Waals surface area contributed by atoms with Crippen molar-refractivity contribution in [1.29, 1.82) is 0 Å². The number of hydrogen-bond donors (Lipinski definition) is 0. The molecule has 0 saturated carbocycles. The molecule has 0 N–H and O–H groups in total. The van der Waals surface area contributed by atoms with E-state index in [0.29, 0.717) is 23.5 Å². The zero-order chi connectivity index (χ0) is 13.5. The van der Waals surface area contributed by atoms with Crippen LogP contribution in [-0.2, 0) is 4.79 Å². The van der Waals surface area contributed by atoms with Crippen LogP contribution in [0, 0.1) is 0 Å². The summed E-state index contributed by atoms with van der Waals surface area (Å²) in [4.78, 5) is 23.4. The Morgan fingerprint density at radius 2 is 1.89 bits per heavy atom. The lowest BCUT2D eigenvalue weighted by atomic mass is 10.0. The van der Waals surface area contributed by atoms with Gasteiger partial charge in [0.2, 0.25) is 0 Å². The number of benzene rings is 1. The summed E-state index contributed by atoms with van der Waals surface area (Å²) in [5.41, 5.74) is 0.419. The van der Waals surface area contributed by atoms with Crippen molar-refractivity contribution < 1.29 is 19.1 Å². The highest BCUT2D eigenvalue weighted by Crippen LogP contribution is 2.25. The molecule has 4 heteroatoms. The number of methoxy groups -OCH3 is 2. The maximum atomic E-state index is 12.0. The van der Waals surface area contributed by atoms with Crippen LogP contribution in [0.15, 0.2) is 18.2 Å². The minimum absolute atomic E-state index is 0.0413. The Labute approximate surface area is 107 Å². The molecule has 0 radical (unpaired) electrons. The van der Waals surface area contributed by atoms with Gasteiger partial charge in [-0.05, 0) is 18.6 Å². The van der Waals surface area contributed by atoms with E-state index >= 15 is 0 Å². The average Bonchev–Trinajstić information content (AvgIpc) is 2.38. The molecular formula is C14H18O4. The van der Waals surface area contributed by atoms with Crippen molar-refractivity contribution in [2.45, 2.75) is 26.2 Å². The lowest BCUT2D eigenvalue weighted by Gasteiger charge is -2.09. The van der Waals surface area contributed by atoms with Crippen LogP contribution >= 0.6 is 0 Å². The number of ether oxygens (including phenoxy) is 2. The van der Waals surface area contributed by atoms with Gasteiger partial charge in [0.15, 0.2) is 5.78 Å². The number of rotatable bonds is 7. The zero-order valence-electron chi connectivity index (χ0n) is 11.0. The number of carbonyl (C=O) groups excluding carboxylic acids is 2. The maximum Gasteiger partial charge on any atom is 0.173 e. The number of hydrogen-bond acceptors (Lipinski definition) is 4. The summed E-state index contributed by atoms with van der Waals surface area (Å²) in [6, 6.07) is 4.94. The van der Waals surface area contributed by atoms with E-state index in [0.717, 1.165) is 6.42 Å². The van der Waals surface area contributed by atoms with Crippen molar-refractivity contribution in [3.63, 3.8) is 0 Å². The molecule has 0 fully saturated rings. The van der Waals surface area contributed by atoms with Crippen molar-refractivity contribution in [3.05, 3.63) is 23.8 Å². The molecule has 0 atom stereocenters. The molecule has 1 aromatic rings. The van der Waals surface area contributed by atoms with Gasteiger partial charge in [-0.25, -0.2) is 0 Å². The van der Waals surface area contributed by atoms with E-state index < -0.39 is 0 Å². The molecule has 0 unspecified atom stereocenters. The van der Waals surface area contributed by atoms with E-state index in [9.17, 15) is 9.59 Å². The second kappa shape index (κ2) is 6.79. The van der Waals surface area contributed by atoms with Crippen LogP contribution in [0.3, 0.4) is 0 Å². The third-order valence-electron chi connectivity index (χ3n) is 2.60. The third kappa shape index (κ3) is 3.58. The van der Waals surface area contributed by atoms with E-state index in [1.807, 2.05) is 6.92 Å². The molecule has 0 aliphatic carbocycles. The molecule has 18 heavy (non-hydrogen) atoms. The monoisotopic (exact) mass is 250 g/mol. The molecule has 0 aliphatic heterocycles. The molecule has 0 saturated heterocycles. The van der Waals surface area contributed by atoms with E-state index in [4.69, 9.17) is 9.47 Å². The van der Waals surface area contributed by atoms with E-state index in [-0.39, 0.29) is 18.0 Å². The summed E-state index contributed by atoms with van der Waals surface area (Å²) in [5, 5.41) is 0. The molecule has 1 aromatic carbocycles. The summed E-state index contributed by atoms with van der Waals surface area (Å²) in [6.45, 7) is 1.91. The van der Waals surface area contributed by atoms with Crippen molar-refractivity contribution in [2.24, 2.45) is 0 Å². The molecule has 0 bridgehead atoms. The Morgan fingerprint density at radius 1 is 1.17 bits per heavy atom. The molecule has 0 heterocycles. The summed E-state index contributed by atoms with van der Waals surface area (Å²) in [6.07, 6.45) is 1.12. The lowest BCUT2D eigenvalue weighted by Crippen LogP contribution is -2.09. The molecule has 0 amide bonds. The van der Waals surface area contributed by atoms with E-state index in [1.54, 1.807) is 25.3 Å². The maximum absolute atomic E-state index is 12.0. The molecule has 98 valence electrons. The predicted octanol–water partition coefficient (Wildman–Crippen LogP) is 2.65. The van der Waals surface area contributed by atoms with Crippen LogP contribution in [0.25, 0.3) is 0 Å². The van der Waals surface area contributed by atoms with Crippen molar-refractivity contribution in [2.75, 3.05) is 14.2 Å². The highest BCUT2D eigenvalue weighted by molar-refractivity contribution is 6.09. The number of ketones is 2. The largest absolute Gasteiger partial charge is 0.497 e. The fraction of sp³-hybridized carbons (Fsp3) is 0.429. The first-order valence-electron chi connectivity index (χ1n) is 5.89. The normalized spacial score (nSPS) is 9.94. The zero-order valence-corrected chi connectivity index (χ0v) is 11.0. The Morgan fingerprint density at radius 3 is 2.44 bits per heavy atom. The minimum Gasteiger partial charge on any atom is -0.497 e. The summed E-state index contributed by atoms with van der Waals surface area (Å²) >= 11 is 0. The predicted molar refractivity (Wildman–Crippen MR) is 68.4 cm³/mol. The first kappa shape index (κ1) is 14.2. The Bertz CT molecular complexity index is 437. The van der Waals surface area contributed by atoms with Gasteiger partial charge in [0, 0.05) is 12.5 Å². The van der Waals surface area contributed by atoms with Gasteiger partial charge in [0.05, 0.1) is 26.2 Å². The standard InChI is InChI=1S/C14H18O4/c1-4-5-10(15)8-13(16)12-7-6-11(17-2)9-14(12)18-3/h6-7,9H,4-5,8H2,1-3H3. The number of carbonyl (C=O) groups is 2. The van der Waals surface area contributed by atoms with Crippen LogP contribution < -0.4 is 9.47 Å². The van der Waals surface area contributed by atoms with Gasteiger partial charge < -0.3 is 9.47 Å². The molecule has 0 aromatic heterocycles. The fourth-order valence-electron chi connectivity index (χ4n) is 1.67. The van der Waals surface area contributed by atoms with Crippen molar-refractivity contribution in [1.82, 2.24) is 0 Å². The Kier molecular flexibility index (Phi) is 5.36. The molecule has 0 spiro atoms. The highest BCUT2D eigenvalue weighted by Gasteiger charge is 2.16. The molecule has 0 aliphatic rings. The van der Waals surface area contributed by atoms with Crippen LogP contribution in [0.5, 0.6) is 11.5 Å². The van der Waals surface area contributed by atoms with Crippen molar-refractivity contribution in [3.8, 4) is 11.5 Å². The van der Waals surface area contributed by atoms with Gasteiger partial charge in [0.1, 0.15) is 17.3 Å². The Hall–Kier alpha value is -1.84. The number of Topliss-reactive ketones (excluding diaryl/α,β-unsaturated/α-hetero) is 2. The van der Waals surface area contributed by atoms with Gasteiger partial charge in [0.25, 0.3) is 0 Å². The van der Waals surface area contributed by atoms with Crippen molar-refractivity contribution >= 4 is 11.6 Å². The third-order valence-corrected chi connectivity index (χ3v) is 2.60. The quantitative estimate of drug-likeness (QED) is 0.551. The topological polar surface area (TPSA) is 52.6 Å². The molecular weight excluding hydrogens is 232 g/mol. The van der Waals surface area contributed by atoms with Gasteiger partial charge in [-0.2, -0.15) is 0 Å². The smallest absolute Gasteiger partial charge is 0.173 e. The fourth-order valence-corrected chi connectivity index (χ4v) is 1.67. The first-order valence-corrected chi connectivity index (χ1v) is 5.89. The van der Waals surface area contributed by atoms with Crippen LogP contribution in [0.2, 0.25) is 0 Å². The van der Waals surface area contributed by atoms with Gasteiger partial charge in [-0.15, -0.1) is 0 Å². The summed E-state index contributed by atoms with van der Waals surface area (Å²) in [7, 11) is 3.03. The Balaban J connectivity index is 2.88. The second-order valence-corrected chi connectivity index (χ2v) is 3.95. The van der Waals surface area contributed by atoms with Crippen LogP contribution in [-0.4, -0.2) is 25.8 Å². The summed E-state index contributed by atoms with van der Waals surface area (Å²) < 4.78 is 10.2. The van der Waals surface area contributed by atoms with Gasteiger partial charge in [-0.3, -0.25) is 9.59 Å². The van der Waals surface area contributed by atoms with Crippen LogP contribution in [0.4, 0.5) is 0 Å². The molecule has 1 rings (SSSR count). The van der Waals surface area contributed by atoms with Gasteiger partial charge in [-0.1, -0.05) is 6.92 Å². The second-order valence-electron chi connectivity index (χ2n) is 3.95. The molecule has 4 nitrogen and oxygen atoms in total. The SMILES string of the molecule is CCCC(=O)CC(=O)c1ccc(OC)cc1OC. The summed E-state index contributed by atoms with van der Waals surface area (Å²) in [5.74, 6) is 0.792. The first-order chi connectivity index (χ1) is 8.62. The van der Waals surface area contributed by atoms with Gasteiger partial charge >= 0.3 is 0 Å². The average molecular weight is 250 g/mol. The van der Waals surface area contributed by atoms with Crippen LogP contribution in [0.1, 0.15) is 36.5 Å². The highest BCUT2D eigenvalue weighted by atomic mass is 16.5. The van der Waals surface area contributed by atoms with E-state index in [2.05, 4.69) is 0 Å². The van der Waals surface area contributed by atoms with E-state index in [1.165, 1.54) is 7.11 Å².